The molecule has 1 aliphatic heterocycles. The molecule has 1 amide bonds. The standard InChI is InChI=1S/C22H32N4O/c1-5-8-19-21(22(27)25-14-12-24(4)13-15-25)20(9-6-2)26(23-19)18-11-7-10-17(3)16-18/h7,10-11,16H,5-6,8-9,12-15H2,1-4H3/p+1. The van der Waals surface area contributed by atoms with E-state index in [4.69, 9.17) is 5.10 Å². The third-order valence-electron chi connectivity index (χ3n) is 5.39. The van der Waals surface area contributed by atoms with E-state index in [1.54, 1.807) is 0 Å². The molecule has 0 atom stereocenters. The summed E-state index contributed by atoms with van der Waals surface area (Å²) >= 11 is 0. The molecule has 1 aromatic carbocycles. The Hall–Kier alpha value is -2.14. The molecule has 1 fully saturated rings. The quantitative estimate of drug-likeness (QED) is 0.847. The second-order valence-electron chi connectivity index (χ2n) is 7.77. The van der Waals surface area contributed by atoms with Crippen molar-refractivity contribution in [2.24, 2.45) is 0 Å². The largest absolute Gasteiger partial charge is 0.334 e. The van der Waals surface area contributed by atoms with Crippen molar-refractivity contribution >= 4 is 5.91 Å². The average Bonchev–Trinajstić information content (AvgIpc) is 3.00. The summed E-state index contributed by atoms with van der Waals surface area (Å²) in [4.78, 5) is 17.0. The predicted molar refractivity (Wildman–Crippen MR) is 109 cm³/mol. The van der Waals surface area contributed by atoms with E-state index >= 15 is 0 Å². The molecule has 0 aliphatic carbocycles. The molecule has 1 aliphatic rings. The van der Waals surface area contributed by atoms with Gasteiger partial charge in [0, 0.05) is 0 Å². The summed E-state index contributed by atoms with van der Waals surface area (Å²) in [6.07, 6.45) is 3.69. The van der Waals surface area contributed by atoms with Crippen molar-refractivity contribution in [1.82, 2.24) is 14.7 Å². The first-order valence-corrected chi connectivity index (χ1v) is 10.3. The minimum atomic E-state index is 0.174. The summed E-state index contributed by atoms with van der Waals surface area (Å²) in [5, 5.41) is 4.92. The van der Waals surface area contributed by atoms with Gasteiger partial charge >= 0.3 is 0 Å². The summed E-state index contributed by atoms with van der Waals surface area (Å²) in [6.45, 7) is 10.1. The molecule has 5 nitrogen and oxygen atoms in total. The maximum atomic E-state index is 13.5. The molecule has 1 aromatic heterocycles. The van der Waals surface area contributed by atoms with Crippen molar-refractivity contribution < 1.29 is 9.69 Å². The first-order chi connectivity index (χ1) is 13.0. The minimum absolute atomic E-state index is 0.174. The predicted octanol–water partition coefficient (Wildman–Crippen LogP) is 2.06. The van der Waals surface area contributed by atoms with Crippen LogP contribution in [0.15, 0.2) is 24.3 Å². The minimum Gasteiger partial charge on any atom is -0.334 e. The van der Waals surface area contributed by atoms with E-state index < -0.39 is 0 Å². The van der Waals surface area contributed by atoms with Crippen LogP contribution in [0.5, 0.6) is 0 Å². The van der Waals surface area contributed by atoms with Gasteiger partial charge in [0.05, 0.1) is 55.9 Å². The van der Waals surface area contributed by atoms with Gasteiger partial charge in [0.2, 0.25) is 0 Å². The molecular formula is C22H33N4O+. The molecule has 2 heterocycles. The second-order valence-corrected chi connectivity index (χ2v) is 7.77. The second kappa shape index (κ2) is 8.70. The van der Waals surface area contributed by atoms with E-state index in [1.165, 1.54) is 10.5 Å². The van der Waals surface area contributed by atoms with Crippen molar-refractivity contribution in [3.63, 3.8) is 0 Å². The highest BCUT2D eigenvalue weighted by molar-refractivity contribution is 5.96. The number of aryl methyl sites for hydroxylation is 2. The zero-order valence-electron chi connectivity index (χ0n) is 17.2. The Balaban J connectivity index is 2.06. The number of nitrogens with one attached hydrogen (secondary N) is 1. The van der Waals surface area contributed by atoms with Crippen molar-refractivity contribution in [2.45, 2.75) is 46.5 Å². The van der Waals surface area contributed by atoms with E-state index in [2.05, 4.69) is 52.1 Å². The first-order valence-electron chi connectivity index (χ1n) is 10.3. The highest BCUT2D eigenvalue weighted by Gasteiger charge is 2.29. The smallest absolute Gasteiger partial charge is 0.258 e. The van der Waals surface area contributed by atoms with Crippen LogP contribution < -0.4 is 4.90 Å². The number of nitrogens with zero attached hydrogens (tertiary/aromatic N) is 3. The van der Waals surface area contributed by atoms with Crippen molar-refractivity contribution in [3.8, 4) is 5.69 Å². The van der Waals surface area contributed by atoms with Crippen molar-refractivity contribution in [3.05, 3.63) is 46.8 Å². The Morgan fingerprint density at radius 1 is 1.15 bits per heavy atom. The number of carbonyl (C=O) groups is 1. The summed E-state index contributed by atoms with van der Waals surface area (Å²) in [7, 11) is 2.20. The van der Waals surface area contributed by atoms with Crippen LogP contribution in [-0.2, 0) is 12.8 Å². The number of quaternary nitrogens is 1. The zero-order valence-corrected chi connectivity index (χ0v) is 17.2. The zero-order chi connectivity index (χ0) is 19.4. The number of hydrogen-bond donors (Lipinski definition) is 1. The van der Waals surface area contributed by atoms with Crippen LogP contribution in [0.1, 0.15) is 54.0 Å². The monoisotopic (exact) mass is 369 g/mol. The SMILES string of the molecule is CCCc1nn(-c2cccc(C)c2)c(CCC)c1C(=O)N1CC[NH+](C)CC1. The van der Waals surface area contributed by atoms with E-state index in [0.717, 1.165) is 74.5 Å². The number of carbonyl (C=O) groups excluding carboxylic acids is 1. The van der Waals surface area contributed by atoms with Gasteiger partial charge < -0.3 is 9.80 Å². The molecule has 0 unspecified atom stereocenters. The van der Waals surface area contributed by atoms with Gasteiger partial charge in [-0.2, -0.15) is 5.10 Å². The topological polar surface area (TPSA) is 42.6 Å². The Morgan fingerprint density at radius 2 is 1.85 bits per heavy atom. The Kier molecular flexibility index (Phi) is 6.32. The van der Waals surface area contributed by atoms with Crippen LogP contribution in [0.3, 0.4) is 0 Å². The summed E-state index contributed by atoms with van der Waals surface area (Å²) < 4.78 is 2.02. The molecule has 0 spiro atoms. The van der Waals surface area contributed by atoms with Gasteiger partial charge in [0.15, 0.2) is 0 Å². The number of likely N-dealkylation sites (N-methyl/N-ethyl adjacent to an activating group) is 1. The van der Waals surface area contributed by atoms with Crippen LogP contribution in [0.2, 0.25) is 0 Å². The highest BCUT2D eigenvalue weighted by atomic mass is 16.2. The molecule has 27 heavy (non-hydrogen) atoms. The highest BCUT2D eigenvalue weighted by Crippen LogP contribution is 2.24. The lowest BCUT2D eigenvalue weighted by Gasteiger charge is -2.30. The fourth-order valence-electron chi connectivity index (χ4n) is 3.85. The molecule has 0 radical (unpaired) electrons. The average molecular weight is 370 g/mol. The molecule has 3 rings (SSSR count). The van der Waals surface area contributed by atoms with E-state index in [1.807, 2.05) is 9.58 Å². The van der Waals surface area contributed by atoms with Crippen LogP contribution in [0.25, 0.3) is 5.69 Å². The molecule has 146 valence electrons. The Morgan fingerprint density at radius 3 is 2.48 bits per heavy atom. The van der Waals surface area contributed by atoms with Gasteiger partial charge in [0.1, 0.15) is 0 Å². The van der Waals surface area contributed by atoms with Crippen LogP contribution in [0, 0.1) is 6.92 Å². The molecule has 0 saturated carbocycles. The van der Waals surface area contributed by atoms with Gasteiger partial charge in [-0.25, -0.2) is 4.68 Å². The maximum Gasteiger partial charge on any atom is 0.258 e. The number of hydrogen-bond acceptors (Lipinski definition) is 2. The number of aromatic nitrogens is 2. The van der Waals surface area contributed by atoms with Crippen LogP contribution in [-0.4, -0.2) is 53.8 Å². The fraction of sp³-hybridized carbons (Fsp3) is 0.545. The molecule has 2 aromatic rings. The number of rotatable bonds is 6. The summed E-state index contributed by atoms with van der Waals surface area (Å²) in [5.74, 6) is 0.174. The fourth-order valence-corrected chi connectivity index (χ4v) is 3.85. The number of piperazine rings is 1. The van der Waals surface area contributed by atoms with Crippen LogP contribution in [0.4, 0.5) is 0 Å². The molecular weight excluding hydrogens is 336 g/mol. The molecule has 1 N–H and O–H groups in total. The third kappa shape index (κ3) is 4.24. The van der Waals surface area contributed by atoms with Gasteiger partial charge in [-0.15, -0.1) is 0 Å². The Labute approximate surface area is 163 Å². The van der Waals surface area contributed by atoms with E-state index in [0.29, 0.717) is 0 Å². The summed E-state index contributed by atoms with van der Waals surface area (Å²) in [5.41, 5.74) is 5.15. The first kappa shape index (κ1) is 19.6. The normalized spacial score (nSPS) is 15.3. The van der Waals surface area contributed by atoms with Gasteiger partial charge in [0.25, 0.3) is 5.91 Å². The lowest BCUT2D eigenvalue weighted by Crippen LogP contribution is -3.12. The van der Waals surface area contributed by atoms with Crippen LogP contribution >= 0.6 is 0 Å². The molecule has 5 heteroatoms. The van der Waals surface area contributed by atoms with E-state index in [9.17, 15) is 4.79 Å². The summed E-state index contributed by atoms with van der Waals surface area (Å²) in [6, 6.07) is 8.39. The van der Waals surface area contributed by atoms with Gasteiger partial charge in [-0.05, 0) is 37.5 Å². The maximum absolute atomic E-state index is 13.5. The van der Waals surface area contributed by atoms with Gasteiger partial charge in [-0.3, -0.25) is 4.79 Å². The van der Waals surface area contributed by atoms with Crippen molar-refractivity contribution in [1.29, 1.82) is 0 Å². The lowest BCUT2D eigenvalue weighted by atomic mass is 10.0. The molecule has 1 saturated heterocycles. The Bertz CT molecular complexity index is 788. The number of benzene rings is 1. The lowest BCUT2D eigenvalue weighted by molar-refractivity contribution is -0.883. The van der Waals surface area contributed by atoms with Crippen molar-refractivity contribution in [2.75, 3.05) is 33.2 Å². The van der Waals surface area contributed by atoms with E-state index in [-0.39, 0.29) is 5.91 Å². The third-order valence-corrected chi connectivity index (χ3v) is 5.39. The number of amides is 1. The molecule has 0 bridgehead atoms. The van der Waals surface area contributed by atoms with Gasteiger partial charge in [-0.1, -0.05) is 38.8 Å².